The lowest BCUT2D eigenvalue weighted by molar-refractivity contribution is -0.132. The molecule has 3 amide bonds. The number of hydrogen-bond acceptors (Lipinski definition) is 4. The Morgan fingerprint density at radius 3 is 3.00 bits per heavy atom. The Morgan fingerprint density at radius 2 is 2.44 bits per heavy atom. The van der Waals surface area contributed by atoms with E-state index in [1.165, 1.54) is 9.78 Å². The molecule has 0 bridgehead atoms. The highest BCUT2D eigenvalue weighted by molar-refractivity contribution is 7.09. The number of nitrogens with one attached hydrogen (secondary N) is 1. The van der Waals surface area contributed by atoms with E-state index in [9.17, 15) is 9.59 Å². The van der Waals surface area contributed by atoms with Gasteiger partial charge in [0, 0.05) is 24.5 Å². The molecule has 0 unspecified atom stereocenters. The van der Waals surface area contributed by atoms with Crippen molar-refractivity contribution in [1.82, 2.24) is 15.1 Å². The van der Waals surface area contributed by atoms with Crippen LogP contribution in [0.1, 0.15) is 11.8 Å². The van der Waals surface area contributed by atoms with Crippen LogP contribution in [-0.2, 0) is 11.3 Å². The minimum Gasteiger partial charge on any atom is -0.336 e. The third-order valence-corrected chi connectivity index (χ3v) is 3.99. The monoisotopic (exact) mass is 267 g/mol. The summed E-state index contributed by atoms with van der Waals surface area (Å²) < 4.78 is 0. The zero-order chi connectivity index (χ0) is 13.1. The molecule has 5 nitrogen and oxygen atoms in total. The van der Waals surface area contributed by atoms with Gasteiger partial charge in [-0.1, -0.05) is 6.07 Å². The second kappa shape index (κ2) is 5.49. The van der Waals surface area contributed by atoms with Crippen LogP contribution in [0.25, 0.3) is 0 Å². The van der Waals surface area contributed by atoms with Crippen molar-refractivity contribution >= 4 is 23.3 Å². The highest BCUT2D eigenvalue weighted by Gasteiger charge is 2.31. The minimum absolute atomic E-state index is 0.135. The van der Waals surface area contributed by atoms with Crippen molar-refractivity contribution in [2.75, 3.05) is 20.1 Å². The van der Waals surface area contributed by atoms with Gasteiger partial charge in [-0.05, 0) is 25.4 Å². The molecule has 0 radical (unpaired) electrons. The number of carbonyl (C=O) groups is 2. The number of urea groups is 1. The standard InChI is InChI=1S/C12H17N3O2S/c1-9(11(16)15-6-5-13-12(15)17)14(2)8-10-4-3-7-18-10/h3-4,7,9H,5-6,8H2,1-2H3,(H,13,17)/t9-/m1/s1. The maximum atomic E-state index is 12.2. The highest BCUT2D eigenvalue weighted by Crippen LogP contribution is 2.14. The highest BCUT2D eigenvalue weighted by atomic mass is 32.1. The molecule has 0 aliphatic carbocycles. The summed E-state index contributed by atoms with van der Waals surface area (Å²) in [5.41, 5.74) is 0. The lowest BCUT2D eigenvalue weighted by Crippen LogP contribution is -2.46. The van der Waals surface area contributed by atoms with E-state index in [0.29, 0.717) is 13.1 Å². The Balaban J connectivity index is 1.95. The molecule has 1 aromatic rings. The van der Waals surface area contributed by atoms with Crippen molar-refractivity contribution in [3.05, 3.63) is 22.4 Å². The minimum atomic E-state index is -0.295. The molecule has 1 N–H and O–H groups in total. The van der Waals surface area contributed by atoms with Gasteiger partial charge in [-0.15, -0.1) is 11.3 Å². The molecular formula is C12H17N3O2S. The number of hydrogen-bond donors (Lipinski definition) is 1. The van der Waals surface area contributed by atoms with Gasteiger partial charge in [0.1, 0.15) is 0 Å². The number of carbonyl (C=O) groups excluding carboxylic acids is 2. The van der Waals surface area contributed by atoms with Gasteiger partial charge in [0.05, 0.1) is 6.04 Å². The smallest absolute Gasteiger partial charge is 0.324 e. The summed E-state index contributed by atoms with van der Waals surface area (Å²) >= 11 is 1.67. The number of rotatable bonds is 4. The lowest BCUT2D eigenvalue weighted by atomic mass is 10.2. The van der Waals surface area contributed by atoms with E-state index in [2.05, 4.69) is 5.32 Å². The van der Waals surface area contributed by atoms with E-state index in [4.69, 9.17) is 0 Å². The summed E-state index contributed by atoms with van der Waals surface area (Å²) in [7, 11) is 1.90. The van der Waals surface area contributed by atoms with Gasteiger partial charge in [0.15, 0.2) is 0 Å². The van der Waals surface area contributed by atoms with Crippen LogP contribution in [0.4, 0.5) is 4.79 Å². The van der Waals surface area contributed by atoms with Crippen LogP contribution in [0, 0.1) is 0 Å². The molecule has 1 aliphatic heterocycles. The molecule has 0 aromatic carbocycles. The first kappa shape index (κ1) is 13.0. The van der Waals surface area contributed by atoms with Crippen molar-refractivity contribution in [2.24, 2.45) is 0 Å². The summed E-state index contributed by atoms with van der Waals surface area (Å²) in [6, 6.07) is 3.46. The molecule has 2 rings (SSSR count). The Kier molecular flexibility index (Phi) is 3.98. The fourth-order valence-corrected chi connectivity index (χ4v) is 2.65. The Hall–Kier alpha value is -1.40. The first-order valence-electron chi connectivity index (χ1n) is 5.91. The number of likely N-dealkylation sites (N-methyl/N-ethyl adjacent to an activating group) is 1. The van der Waals surface area contributed by atoms with Gasteiger partial charge in [0.2, 0.25) is 5.91 Å². The van der Waals surface area contributed by atoms with E-state index in [-0.39, 0.29) is 18.0 Å². The van der Waals surface area contributed by atoms with Gasteiger partial charge in [-0.2, -0.15) is 0 Å². The van der Waals surface area contributed by atoms with Gasteiger partial charge in [-0.25, -0.2) is 4.79 Å². The summed E-state index contributed by atoms with van der Waals surface area (Å²) in [6.45, 7) is 3.57. The van der Waals surface area contributed by atoms with Crippen LogP contribution in [0.15, 0.2) is 17.5 Å². The van der Waals surface area contributed by atoms with E-state index in [0.717, 1.165) is 6.54 Å². The Labute approximate surface area is 110 Å². The molecule has 18 heavy (non-hydrogen) atoms. The average molecular weight is 267 g/mol. The quantitative estimate of drug-likeness (QED) is 0.889. The van der Waals surface area contributed by atoms with Crippen molar-refractivity contribution in [1.29, 1.82) is 0 Å². The number of amides is 3. The van der Waals surface area contributed by atoms with Crippen molar-refractivity contribution in [3.63, 3.8) is 0 Å². The Bertz CT molecular complexity index is 433. The predicted molar refractivity (Wildman–Crippen MR) is 70.4 cm³/mol. The molecule has 0 spiro atoms. The molecular weight excluding hydrogens is 250 g/mol. The summed E-state index contributed by atoms with van der Waals surface area (Å²) in [6.07, 6.45) is 0. The molecule has 1 aliphatic rings. The molecule has 1 fully saturated rings. The summed E-state index contributed by atoms with van der Waals surface area (Å²) in [5, 5.41) is 4.66. The average Bonchev–Trinajstić information content (AvgIpc) is 2.98. The SMILES string of the molecule is C[C@H](C(=O)N1CCNC1=O)N(C)Cc1cccs1. The maximum absolute atomic E-state index is 12.2. The fraction of sp³-hybridized carbons (Fsp3) is 0.500. The topological polar surface area (TPSA) is 52.7 Å². The number of thiophene rings is 1. The van der Waals surface area contributed by atoms with Crippen LogP contribution in [0.2, 0.25) is 0 Å². The summed E-state index contributed by atoms with van der Waals surface area (Å²) in [5.74, 6) is -0.135. The largest absolute Gasteiger partial charge is 0.336 e. The van der Waals surface area contributed by atoms with Gasteiger partial charge < -0.3 is 5.32 Å². The second-order valence-electron chi connectivity index (χ2n) is 4.39. The van der Waals surface area contributed by atoms with Crippen molar-refractivity contribution < 1.29 is 9.59 Å². The number of nitrogens with zero attached hydrogens (tertiary/aromatic N) is 2. The van der Waals surface area contributed by atoms with Crippen LogP contribution in [0.5, 0.6) is 0 Å². The molecule has 98 valence electrons. The molecule has 2 heterocycles. The van der Waals surface area contributed by atoms with Crippen molar-refractivity contribution in [3.8, 4) is 0 Å². The van der Waals surface area contributed by atoms with Crippen LogP contribution >= 0.6 is 11.3 Å². The third kappa shape index (κ3) is 2.70. The van der Waals surface area contributed by atoms with Gasteiger partial charge >= 0.3 is 6.03 Å². The Morgan fingerprint density at radius 1 is 1.67 bits per heavy atom. The third-order valence-electron chi connectivity index (χ3n) is 3.13. The van der Waals surface area contributed by atoms with Crippen LogP contribution in [0.3, 0.4) is 0 Å². The number of imide groups is 1. The molecule has 6 heteroatoms. The van der Waals surface area contributed by atoms with E-state index >= 15 is 0 Å². The maximum Gasteiger partial charge on any atom is 0.324 e. The zero-order valence-electron chi connectivity index (χ0n) is 10.5. The van der Waals surface area contributed by atoms with Gasteiger partial charge in [-0.3, -0.25) is 14.6 Å². The molecule has 1 saturated heterocycles. The van der Waals surface area contributed by atoms with E-state index in [1.807, 2.05) is 36.4 Å². The zero-order valence-corrected chi connectivity index (χ0v) is 11.4. The van der Waals surface area contributed by atoms with Crippen LogP contribution < -0.4 is 5.32 Å². The van der Waals surface area contributed by atoms with E-state index in [1.54, 1.807) is 11.3 Å². The van der Waals surface area contributed by atoms with Crippen LogP contribution in [-0.4, -0.2) is 47.9 Å². The van der Waals surface area contributed by atoms with Crippen molar-refractivity contribution in [2.45, 2.75) is 19.5 Å². The normalized spacial score (nSPS) is 17.1. The first-order chi connectivity index (χ1) is 8.59. The fourth-order valence-electron chi connectivity index (χ4n) is 1.88. The summed E-state index contributed by atoms with van der Waals surface area (Å²) in [4.78, 5) is 28.0. The first-order valence-corrected chi connectivity index (χ1v) is 6.79. The molecule has 0 saturated carbocycles. The lowest BCUT2D eigenvalue weighted by Gasteiger charge is -2.26. The van der Waals surface area contributed by atoms with E-state index < -0.39 is 0 Å². The molecule has 1 aromatic heterocycles. The predicted octanol–water partition coefficient (Wildman–Crippen LogP) is 1.12. The van der Waals surface area contributed by atoms with Gasteiger partial charge in [0.25, 0.3) is 0 Å². The molecule has 1 atom stereocenters. The second-order valence-corrected chi connectivity index (χ2v) is 5.42.